The molecule has 0 saturated heterocycles. The Morgan fingerprint density at radius 1 is 1.31 bits per heavy atom. The van der Waals surface area contributed by atoms with E-state index in [4.69, 9.17) is 0 Å². The summed E-state index contributed by atoms with van der Waals surface area (Å²) in [5, 5.41) is 11.9. The Balaban J connectivity index is 1.59. The van der Waals surface area contributed by atoms with E-state index in [-0.39, 0.29) is 29.7 Å². The number of nitrogens with zero attached hydrogens (tertiary/aromatic N) is 2. The Hall–Kier alpha value is -3.18. The molecule has 29 heavy (non-hydrogen) atoms. The van der Waals surface area contributed by atoms with Crippen LogP contribution >= 0.6 is 0 Å². The van der Waals surface area contributed by atoms with Crippen molar-refractivity contribution in [3.8, 4) is 11.8 Å². The highest BCUT2D eigenvalue weighted by Crippen LogP contribution is 2.27. The number of carbonyl (C=O) groups is 1. The third-order valence-corrected chi connectivity index (χ3v) is 4.83. The summed E-state index contributed by atoms with van der Waals surface area (Å²) >= 11 is 0. The standard InChI is InChI=1S/C21H25FN6O/c1-13(23-2)20(29)26-18-9-14(10-18)7-8-15-12-25-21(28-19(15)24-3)27-17-6-4-5-16(22)11-17/h4-6,11-14,18,23H,9-10H2,1-3H3,(H,26,29)(H2,24,25,27,28)/t13-,14-,18+/m0/s1. The second-order valence-electron chi connectivity index (χ2n) is 6.99. The Morgan fingerprint density at radius 2 is 2.10 bits per heavy atom. The lowest BCUT2D eigenvalue weighted by atomic mass is 9.80. The van der Waals surface area contributed by atoms with Gasteiger partial charge in [-0.25, -0.2) is 9.37 Å². The van der Waals surface area contributed by atoms with Crippen molar-refractivity contribution < 1.29 is 9.18 Å². The number of carbonyl (C=O) groups excluding carboxylic acids is 1. The summed E-state index contributed by atoms with van der Waals surface area (Å²) < 4.78 is 13.3. The SMILES string of the molecule is CNc1nc(Nc2cccc(F)c2)ncc1C#C[C@H]1C[C@@H](NC(=O)[C@H](C)NC)C1. The molecular weight excluding hydrogens is 371 g/mol. The number of hydrogen-bond donors (Lipinski definition) is 4. The van der Waals surface area contributed by atoms with Gasteiger partial charge in [0.05, 0.1) is 17.8 Å². The number of nitrogens with one attached hydrogen (secondary N) is 4. The van der Waals surface area contributed by atoms with E-state index in [0.717, 1.165) is 12.8 Å². The quantitative estimate of drug-likeness (QED) is 0.560. The largest absolute Gasteiger partial charge is 0.372 e. The second-order valence-corrected chi connectivity index (χ2v) is 6.99. The van der Waals surface area contributed by atoms with Gasteiger partial charge in [0.1, 0.15) is 11.6 Å². The van der Waals surface area contributed by atoms with Gasteiger partial charge in [-0.2, -0.15) is 4.98 Å². The molecule has 7 nitrogen and oxygen atoms in total. The summed E-state index contributed by atoms with van der Waals surface area (Å²) in [5.41, 5.74) is 1.26. The van der Waals surface area contributed by atoms with Gasteiger partial charge in [-0.05, 0) is 45.0 Å². The Bertz CT molecular complexity index is 932. The van der Waals surface area contributed by atoms with E-state index in [1.54, 1.807) is 32.4 Å². The molecule has 0 aliphatic heterocycles. The summed E-state index contributed by atoms with van der Waals surface area (Å²) in [4.78, 5) is 20.5. The predicted molar refractivity (Wildman–Crippen MR) is 111 cm³/mol. The first kappa shape index (κ1) is 20.6. The van der Waals surface area contributed by atoms with Crippen LogP contribution in [0.2, 0.25) is 0 Å². The van der Waals surface area contributed by atoms with Crippen LogP contribution in [0.1, 0.15) is 25.3 Å². The van der Waals surface area contributed by atoms with Gasteiger partial charge >= 0.3 is 0 Å². The van der Waals surface area contributed by atoms with E-state index >= 15 is 0 Å². The molecule has 1 aliphatic rings. The highest BCUT2D eigenvalue weighted by molar-refractivity contribution is 5.81. The number of rotatable bonds is 6. The summed E-state index contributed by atoms with van der Waals surface area (Å²) in [6, 6.07) is 6.08. The molecule has 1 aromatic carbocycles. The molecular formula is C21H25FN6O. The molecule has 1 amide bonds. The van der Waals surface area contributed by atoms with Gasteiger partial charge in [0.25, 0.3) is 0 Å². The normalized spacial score (nSPS) is 18.6. The maximum absolute atomic E-state index is 13.3. The Labute approximate surface area is 169 Å². The van der Waals surface area contributed by atoms with Gasteiger partial charge in [0, 0.05) is 24.7 Å². The topological polar surface area (TPSA) is 91.0 Å². The van der Waals surface area contributed by atoms with Gasteiger partial charge in [-0.3, -0.25) is 4.79 Å². The first-order valence-corrected chi connectivity index (χ1v) is 9.55. The summed E-state index contributed by atoms with van der Waals surface area (Å²) in [6.45, 7) is 1.83. The lowest BCUT2D eigenvalue weighted by Gasteiger charge is -2.33. The van der Waals surface area contributed by atoms with E-state index in [2.05, 4.69) is 43.1 Å². The molecule has 8 heteroatoms. The van der Waals surface area contributed by atoms with E-state index in [1.807, 2.05) is 6.92 Å². The smallest absolute Gasteiger partial charge is 0.237 e. The van der Waals surface area contributed by atoms with Crippen molar-refractivity contribution in [1.82, 2.24) is 20.6 Å². The fraction of sp³-hybridized carbons (Fsp3) is 0.381. The summed E-state index contributed by atoms with van der Waals surface area (Å²) in [5.74, 6) is 7.22. The summed E-state index contributed by atoms with van der Waals surface area (Å²) in [6.07, 6.45) is 3.31. The maximum Gasteiger partial charge on any atom is 0.237 e. The van der Waals surface area contributed by atoms with Crippen molar-refractivity contribution >= 4 is 23.4 Å². The number of amides is 1. The van der Waals surface area contributed by atoms with Crippen LogP contribution in [-0.2, 0) is 4.79 Å². The lowest BCUT2D eigenvalue weighted by molar-refractivity contribution is -0.124. The van der Waals surface area contributed by atoms with Gasteiger partial charge in [0.2, 0.25) is 11.9 Å². The van der Waals surface area contributed by atoms with Crippen LogP contribution in [0.15, 0.2) is 30.5 Å². The molecule has 1 heterocycles. The van der Waals surface area contributed by atoms with Gasteiger partial charge < -0.3 is 21.3 Å². The van der Waals surface area contributed by atoms with Crippen LogP contribution in [0.5, 0.6) is 0 Å². The van der Waals surface area contributed by atoms with Crippen molar-refractivity contribution in [2.45, 2.75) is 31.8 Å². The molecule has 1 saturated carbocycles. The van der Waals surface area contributed by atoms with Crippen LogP contribution in [-0.4, -0.2) is 42.1 Å². The van der Waals surface area contributed by atoms with E-state index in [0.29, 0.717) is 23.0 Å². The highest BCUT2D eigenvalue weighted by atomic mass is 19.1. The van der Waals surface area contributed by atoms with Gasteiger partial charge in [-0.1, -0.05) is 17.9 Å². The van der Waals surface area contributed by atoms with Crippen molar-refractivity contribution in [3.63, 3.8) is 0 Å². The molecule has 3 rings (SSSR count). The van der Waals surface area contributed by atoms with Crippen molar-refractivity contribution in [1.29, 1.82) is 0 Å². The van der Waals surface area contributed by atoms with E-state index in [1.165, 1.54) is 12.1 Å². The minimum atomic E-state index is -0.332. The number of halogens is 1. The molecule has 1 aromatic heterocycles. The van der Waals surface area contributed by atoms with Crippen molar-refractivity contribution in [3.05, 3.63) is 41.8 Å². The number of anilines is 3. The fourth-order valence-electron chi connectivity index (χ4n) is 2.91. The molecule has 0 radical (unpaired) electrons. The van der Waals surface area contributed by atoms with Crippen LogP contribution in [0.3, 0.4) is 0 Å². The van der Waals surface area contributed by atoms with Gasteiger partial charge in [-0.15, -0.1) is 0 Å². The number of hydrogen-bond acceptors (Lipinski definition) is 6. The highest BCUT2D eigenvalue weighted by Gasteiger charge is 2.29. The minimum Gasteiger partial charge on any atom is -0.372 e. The molecule has 1 fully saturated rings. The van der Waals surface area contributed by atoms with E-state index in [9.17, 15) is 9.18 Å². The molecule has 0 spiro atoms. The predicted octanol–water partition coefficient (Wildman–Crippen LogP) is 2.26. The summed E-state index contributed by atoms with van der Waals surface area (Å²) in [7, 11) is 3.52. The van der Waals surface area contributed by atoms with Crippen LogP contribution in [0.25, 0.3) is 0 Å². The first-order valence-electron chi connectivity index (χ1n) is 9.55. The first-order chi connectivity index (χ1) is 14.0. The average Bonchev–Trinajstić information content (AvgIpc) is 2.69. The van der Waals surface area contributed by atoms with E-state index < -0.39 is 0 Å². The molecule has 0 bridgehead atoms. The Morgan fingerprint density at radius 3 is 2.79 bits per heavy atom. The Kier molecular flexibility index (Phi) is 6.62. The molecule has 0 unspecified atom stereocenters. The zero-order valence-electron chi connectivity index (χ0n) is 16.7. The molecule has 1 atom stereocenters. The minimum absolute atomic E-state index is 0.0103. The third kappa shape index (κ3) is 5.42. The third-order valence-electron chi connectivity index (χ3n) is 4.83. The fourth-order valence-corrected chi connectivity index (χ4v) is 2.91. The van der Waals surface area contributed by atoms with Crippen LogP contribution in [0, 0.1) is 23.6 Å². The zero-order valence-corrected chi connectivity index (χ0v) is 16.7. The zero-order chi connectivity index (χ0) is 20.8. The molecule has 1 aliphatic carbocycles. The maximum atomic E-state index is 13.3. The number of aromatic nitrogens is 2. The molecule has 152 valence electrons. The monoisotopic (exact) mass is 396 g/mol. The van der Waals surface area contributed by atoms with Crippen molar-refractivity contribution in [2.75, 3.05) is 24.7 Å². The van der Waals surface area contributed by atoms with Crippen LogP contribution < -0.4 is 21.3 Å². The molecule has 2 aromatic rings. The number of likely N-dealkylation sites (N-methyl/N-ethyl adjacent to an activating group) is 1. The average molecular weight is 396 g/mol. The van der Waals surface area contributed by atoms with Crippen molar-refractivity contribution in [2.24, 2.45) is 5.92 Å². The number of benzene rings is 1. The lowest BCUT2D eigenvalue weighted by Crippen LogP contribution is -2.49. The van der Waals surface area contributed by atoms with Gasteiger partial charge in [0.15, 0.2) is 0 Å². The second kappa shape index (κ2) is 9.34. The molecule has 4 N–H and O–H groups in total. The van der Waals surface area contributed by atoms with Crippen LogP contribution in [0.4, 0.5) is 21.8 Å².